The predicted octanol–water partition coefficient (Wildman–Crippen LogP) is 4.41. The van der Waals surface area contributed by atoms with Gasteiger partial charge >= 0.3 is 6.18 Å². The summed E-state index contributed by atoms with van der Waals surface area (Å²) in [5.74, 6) is 0.0786. The van der Waals surface area contributed by atoms with Crippen LogP contribution >= 0.6 is 0 Å². The van der Waals surface area contributed by atoms with Gasteiger partial charge in [-0.3, -0.25) is 0 Å². The highest BCUT2D eigenvalue weighted by atomic mass is 19.4. The van der Waals surface area contributed by atoms with Gasteiger partial charge in [0.25, 0.3) is 0 Å². The number of rotatable bonds is 2. The molecule has 0 saturated carbocycles. The Hall–Kier alpha value is -2.25. The van der Waals surface area contributed by atoms with Gasteiger partial charge in [0.2, 0.25) is 0 Å². The zero-order valence-corrected chi connectivity index (χ0v) is 14.4. The molecule has 0 amide bonds. The Balaban J connectivity index is 1.76. The van der Waals surface area contributed by atoms with Crippen molar-refractivity contribution in [2.24, 2.45) is 5.92 Å². The lowest BCUT2D eigenvalue weighted by Crippen LogP contribution is -2.40. The first kappa shape index (κ1) is 18.1. The monoisotopic (exact) mass is 379 g/mol. The second-order valence-electron chi connectivity index (χ2n) is 7.12. The van der Waals surface area contributed by atoms with Crippen molar-refractivity contribution in [3.63, 3.8) is 0 Å². The van der Waals surface area contributed by atoms with E-state index in [4.69, 9.17) is 4.74 Å². The number of aliphatic hydroxyl groups excluding tert-OH is 1. The SMILES string of the molecule is OC[C@@H]1CC[C@H]2[C@@H](c3ccc(O)cc3)Nc3ccc(C(F)(F)F)cc3[C@H]2O1. The van der Waals surface area contributed by atoms with Crippen LogP contribution in [0.3, 0.4) is 0 Å². The molecule has 4 nitrogen and oxygen atoms in total. The van der Waals surface area contributed by atoms with Gasteiger partial charge in [-0.05, 0) is 48.7 Å². The summed E-state index contributed by atoms with van der Waals surface area (Å²) >= 11 is 0. The number of fused-ring (bicyclic) bond motifs is 3. The zero-order chi connectivity index (χ0) is 19.2. The fraction of sp³-hybridized carbons (Fsp3) is 0.400. The average Bonchev–Trinajstić information content (AvgIpc) is 2.66. The lowest BCUT2D eigenvalue weighted by molar-refractivity contribution is -0.138. The van der Waals surface area contributed by atoms with Crippen LogP contribution in [-0.4, -0.2) is 22.9 Å². The molecular weight excluding hydrogens is 359 g/mol. The summed E-state index contributed by atoms with van der Waals surface area (Å²) in [7, 11) is 0. The van der Waals surface area contributed by atoms with E-state index in [-0.39, 0.29) is 30.4 Å². The van der Waals surface area contributed by atoms with Crippen LogP contribution in [0.25, 0.3) is 0 Å². The van der Waals surface area contributed by atoms with Crippen molar-refractivity contribution < 1.29 is 28.1 Å². The molecule has 27 heavy (non-hydrogen) atoms. The van der Waals surface area contributed by atoms with E-state index in [1.54, 1.807) is 24.3 Å². The smallest absolute Gasteiger partial charge is 0.416 e. The van der Waals surface area contributed by atoms with Crippen LogP contribution in [0.15, 0.2) is 42.5 Å². The molecule has 2 aliphatic rings. The molecule has 0 unspecified atom stereocenters. The molecule has 2 aromatic rings. The van der Waals surface area contributed by atoms with Gasteiger partial charge in [-0.2, -0.15) is 13.2 Å². The van der Waals surface area contributed by atoms with Gasteiger partial charge in [-0.25, -0.2) is 0 Å². The summed E-state index contributed by atoms with van der Waals surface area (Å²) in [6.07, 6.45) is -3.99. The molecule has 144 valence electrons. The molecule has 4 atom stereocenters. The number of benzene rings is 2. The number of nitrogens with one attached hydrogen (secondary N) is 1. The number of aromatic hydroxyl groups is 1. The van der Waals surface area contributed by atoms with Gasteiger partial charge in [0.15, 0.2) is 0 Å². The molecule has 0 bridgehead atoms. The number of aliphatic hydroxyl groups is 1. The molecule has 2 aliphatic heterocycles. The van der Waals surface area contributed by atoms with E-state index in [0.717, 1.165) is 17.7 Å². The number of phenols is 1. The number of hydrogen-bond acceptors (Lipinski definition) is 4. The molecule has 1 saturated heterocycles. The van der Waals surface area contributed by atoms with Crippen molar-refractivity contribution >= 4 is 5.69 Å². The van der Waals surface area contributed by atoms with Crippen molar-refractivity contribution in [3.05, 3.63) is 59.2 Å². The Morgan fingerprint density at radius 3 is 2.48 bits per heavy atom. The van der Waals surface area contributed by atoms with Crippen LogP contribution in [0.2, 0.25) is 0 Å². The summed E-state index contributed by atoms with van der Waals surface area (Å²) < 4.78 is 45.5. The number of hydrogen-bond donors (Lipinski definition) is 3. The summed E-state index contributed by atoms with van der Waals surface area (Å²) in [6, 6.07) is 10.3. The first-order valence-electron chi connectivity index (χ1n) is 8.90. The number of phenolic OH excluding ortho intramolecular Hbond substituents is 1. The van der Waals surface area contributed by atoms with Crippen LogP contribution in [0.1, 0.15) is 41.7 Å². The third kappa shape index (κ3) is 3.37. The maximum atomic E-state index is 13.2. The minimum Gasteiger partial charge on any atom is -0.508 e. The molecular formula is C20H20F3NO3. The van der Waals surface area contributed by atoms with E-state index in [9.17, 15) is 23.4 Å². The number of alkyl halides is 3. The van der Waals surface area contributed by atoms with Gasteiger partial charge < -0.3 is 20.3 Å². The van der Waals surface area contributed by atoms with Crippen molar-refractivity contribution in [1.29, 1.82) is 0 Å². The third-order valence-corrected chi connectivity index (χ3v) is 5.43. The Kier molecular flexibility index (Phi) is 4.52. The minimum atomic E-state index is -4.43. The van der Waals surface area contributed by atoms with E-state index in [1.807, 2.05) is 0 Å². The first-order chi connectivity index (χ1) is 12.9. The predicted molar refractivity (Wildman–Crippen MR) is 93.3 cm³/mol. The van der Waals surface area contributed by atoms with Crippen molar-refractivity contribution in [3.8, 4) is 5.75 Å². The highest BCUT2D eigenvalue weighted by Gasteiger charge is 2.43. The number of halogens is 3. The maximum absolute atomic E-state index is 13.2. The summed E-state index contributed by atoms with van der Waals surface area (Å²) in [4.78, 5) is 0. The van der Waals surface area contributed by atoms with Crippen molar-refractivity contribution in [2.75, 3.05) is 11.9 Å². The molecule has 0 aromatic heterocycles. The van der Waals surface area contributed by atoms with Crippen molar-refractivity contribution in [1.82, 2.24) is 0 Å². The summed E-state index contributed by atoms with van der Waals surface area (Å²) in [5.41, 5.74) is 1.29. The Bertz CT molecular complexity index is 822. The van der Waals surface area contributed by atoms with Gasteiger partial charge in [0.05, 0.1) is 30.4 Å². The van der Waals surface area contributed by atoms with E-state index in [1.165, 1.54) is 6.07 Å². The van der Waals surface area contributed by atoms with E-state index >= 15 is 0 Å². The topological polar surface area (TPSA) is 61.7 Å². The first-order valence-corrected chi connectivity index (χ1v) is 8.90. The van der Waals surface area contributed by atoms with Gasteiger partial charge in [0, 0.05) is 17.2 Å². The van der Waals surface area contributed by atoms with Crippen LogP contribution in [-0.2, 0) is 10.9 Å². The normalized spacial score (nSPS) is 27.4. The van der Waals surface area contributed by atoms with Gasteiger partial charge in [-0.1, -0.05) is 12.1 Å². The molecule has 1 fully saturated rings. The van der Waals surface area contributed by atoms with E-state index < -0.39 is 17.8 Å². The summed E-state index contributed by atoms with van der Waals surface area (Å²) in [6.45, 7) is -0.158. The molecule has 2 heterocycles. The van der Waals surface area contributed by atoms with E-state index in [0.29, 0.717) is 24.1 Å². The molecule has 4 rings (SSSR count). The molecule has 0 radical (unpaired) electrons. The lowest BCUT2D eigenvalue weighted by atomic mass is 9.76. The van der Waals surface area contributed by atoms with Crippen LogP contribution in [0.4, 0.5) is 18.9 Å². The quantitative estimate of drug-likeness (QED) is 0.724. The highest BCUT2D eigenvalue weighted by Crippen LogP contribution is 2.51. The lowest BCUT2D eigenvalue weighted by Gasteiger charge is -2.45. The van der Waals surface area contributed by atoms with Gasteiger partial charge in [0.1, 0.15) is 5.75 Å². The number of anilines is 1. The molecule has 0 aliphatic carbocycles. The standard InChI is InChI=1S/C20H20F3NO3/c21-20(22,23)12-3-8-17-16(9-12)19-15(7-6-14(10-25)27-19)18(24-17)11-1-4-13(26)5-2-11/h1-5,8-9,14-15,18-19,24-26H,6-7,10H2/t14-,15-,18+,19-/m0/s1. The van der Waals surface area contributed by atoms with Gasteiger partial charge in [-0.15, -0.1) is 0 Å². The maximum Gasteiger partial charge on any atom is 0.416 e. The van der Waals surface area contributed by atoms with Crippen LogP contribution < -0.4 is 5.32 Å². The fourth-order valence-corrected chi connectivity index (χ4v) is 4.08. The molecule has 0 spiro atoms. The molecule has 7 heteroatoms. The molecule has 2 aromatic carbocycles. The second-order valence-corrected chi connectivity index (χ2v) is 7.12. The Morgan fingerprint density at radius 1 is 1.07 bits per heavy atom. The third-order valence-electron chi connectivity index (χ3n) is 5.43. The van der Waals surface area contributed by atoms with Crippen LogP contribution in [0.5, 0.6) is 5.75 Å². The Morgan fingerprint density at radius 2 is 1.81 bits per heavy atom. The van der Waals surface area contributed by atoms with Crippen LogP contribution in [0, 0.1) is 5.92 Å². The largest absolute Gasteiger partial charge is 0.508 e. The minimum absolute atomic E-state index is 0.0756. The summed E-state index contributed by atoms with van der Waals surface area (Å²) in [5, 5.41) is 22.4. The second kappa shape index (κ2) is 6.73. The zero-order valence-electron chi connectivity index (χ0n) is 14.4. The average molecular weight is 379 g/mol. The molecule has 3 N–H and O–H groups in total. The van der Waals surface area contributed by atoms with Crippen molar-refractivity contribution in [2.45, 2.75) is 37.3 Å². The van der Waals surface area contributed by atoms with E-state index in [2.05, 4.69) is 5.32 Å². The number of ether oxygens (including phenoxy) is 1. The Labute approximate surface area is 154 Å². The fourth-order valence-electron chi connectivity index (χ4n) is 4.08. The highest BCUT2D eigenvalue weighted by molar-refractivity contribution is 5.58.